The average molecular weight is 323 g/mol. The summed E-state index contributed by atoms with van der Waals surface area (Å²) < 4.78 is 15.3. The van der Waals surface area contributed by atoms with Crippen molar-refractivity contribution in [3.05, 3.63) is 27.7 Å². The molecule has 5 nitrogen and oxygen atoms in total. The van der Waals surface area contributed by atoms with Gasteiger partial charge in [-0.3, -0.25) is 4.79 Å². The standard InChI is InChI=1S/C13H16Cl2O5/c1-18-2-3-19-7-11(17)8-20-13-9(6-16)4-10(14)5-12(13)15/h4-6,11,17H,2-3,7-8H2,1H3. The second kappa shape index (κ2) is 9.15. The second-order valence-corrected chi connectivity index (χ2v) is 4.80. The van der Waals surface area contributed by atoms with E-state index < -0.39 is 6.10 Å². The Morgan fingerprint density at radius 2 is 2.05 bits per heavy atom. The van der Waals surface area contributed by atoms with Crippen LogP contribution < -0.4 is 4.74 Å². The third-order valence-corrected chi connectivity index (χ3v) is 2.83. The molecule has 112 valence electrons. The normalized spacial score (nSPS) is 12.2. The summed E-state index contributed by atoms with van der Waals surface area (Å²) >= 11 is 11.7. The number of methoxy groups -OCH3 is 1. The van der Waals surface area contributed by atoms with Crippen molar-refractivity contribution in [3.63, 3.8) is 0 Å². The summed E-state index contributed by atoms with van der Waals surface area (Å²) in [6, 6.07) is 2.91. The molecular formula is C13H16Cl2O5. The van der Waals surface area contributed by atoms with Gasteiger partial charge in [0.15, 0.2) is 6.29 Å². The first-order valence-electron chi connectivity index (χ1n) is 5.90. The molecule has 0 saturated carbocycles. The van der Waals surface area contributed by atoms with Crippen molar-refractivity contribution < 1.29 is 24.1 Å². The highest BCUT2D eigenvalue weighted by atomic mass is 35.5. The molecular weight excluding hydrogens is 307 g/mol. The van der Waals surface area contributed by atoms with Crippen LogP contribution in [0.4, 0.5) is 0 Å². The first-order chi connectivity index (χ1) is 9.58. The maximum Gasteiger partial charge on any atom is 0.153 e. The average Bonchev–Trinajstić information content (AvgIpc) is 2.41. The third-order valence-electron chi connectivity index (χ3n) is 2.33. The Morgan fingerprint density at radius 3 is 2.70 bits per heavy atom. The van der Waals surface area contributed by atoms with Gasteiger partial charge in [-0.15, -0.1) is 0 Å². The van der Waals surface area contributed by atoms with E-state index >= 15 is 0 Å². The minimum absolute atomic E-state index is 0.0465. The molecule has 0 aliphatic heterocycles. The van der Waals surface area contributed by atoms with Crippen LogP contribution in [0.1, 0.15) is 10.4 Å². The van der Waals surface area contributed by atoms with E-state index in [0.717, 1.165) is 0 Å². The summed E-state index contributed by atoms with van der Waals surface area (Å²) in [4.78, 5) is 10.9. The molecule has 0 saturated heterocycles. The number of carbonyl (C=O) groups excluding carboxylic acids is 1. The van der Waals surface area contributed by atoms with Gasteiger partial charge in [-0.05, 0) is 12.1 Å². The summed E-state index contributed by atoms with van der Waals surface area (Å²) in [5.74, 6) is 0.196. The van der Waals surface area contributed by atoms with Crippen molar-refractivity contribution >= 4 is 29.5 Å². The van der Waals surface area contributed by atoms with Crippen LogP contribution >= 0.6 is 23.2 Å². The number of aliphatic hydroxyl groups is 1. The molecule has 0 spiro atoms. The van der Waals surface area contributed by atoms with Gasteiger partial charge in [0.1, 0.15) is 18.5 Å². The number of rotatable bonds is 9. The lowest BCUT2D eigenvalue weighted by atomic mass is 10.2. The predicted octanol–water partition coefficient (Wildman–Crippen LogP) is 2.21. The fourth-order valence-electron chi connectivity index (χ4n) is 1.41. The van der Waals surface area contributed by atoms with Crippen molar-refractivity contribution in [2.45, 2.75) is 6.10 Å². The molecule has 0 bridgehead atoms. The molecule has 0 aromatic heterocycles. The first-order valence-corrected chi connectivity index (χ1v) is 6.65. The zero-order chi connectivity index (χ0) is 15.0. The number of aldehydes is 1. The highest BCUT2D eigenvalue weighted by Crippen LogP contribution is 2.31. The van der Waals surface area contributed by atoms with E-state index in [1.807, 2.05) is 0 Å². The quantitative estimate of drug-likeness (QED) is 0.557. The van der Waals surface area contributed by atoms with Gasteiger partial charge in [0, 0.05) is 12.1 Å². The van der Waals surface area contributed by atoms with Crippen LogP contribution in [0.3, 0.4) is 0 Å². The maximum absolute atomic E-state index is 10.9. The first kappa shape index (κ1) is 17.2. The molecule has 0 radical (unpaired) electrons. The van der Waals surface area contributed by atoms with Crippen molar-refractivity contribution in [1.82, 2.24) is 0 Å². The molecule has 1 aromatic rings. The van der Waals surface area contributed by atoms with Gasteiger partial charge in [-0.1, -0.05) is 23.2 Å². The van der Waals surface area contributed by atoms with Crippen LogP contribution in [0, 0.1) is 0 Å². The Bertz CT molecular complexity index is 439. The molecule has 7 heteroatoms. The van der Waals surface area contributed by atoms with Crippen molar-refractivity contribution in [2.75, 3.05) is 33.5 Å². The Morgan fingerprint density at radius 1 is 1.30 bits per heavy atom. The van der Waals surface area contributed by atoms with Gasteiger partial charge in [0.05, 0.1) is 30.4 Å². The number of hydrogen-bond donors (Lipinski definition) is 1. The largest absolute Gasteiger partial charge is 0.488 e. The summed E-state index contributed by atoms with van der Waals surface area (Å²) in [6.07, 6.45) is -0.243. The maximum atomic E-state index is 10.9. The summed E-state index contributed by atoms with van der Waals surface area (Å²) in [5, 5.41) is 10.2. The van der Waals surface area contributed by atoms with Gasteiger partial charge in [0.25, 0.3) is 0 Å². The number of aliphatic hydroxyl groups excluding tert-OH is 1. The molecule has 0 amide bonds. The van der Waals surface area contributed by atoms with Gasteiger partial charge in [0.2, 0.25) is 0 Å². The third kappa shape index (κ3) is 5.64. The van der Waals surface area contributed by atoms with Crippen molar-refractivity contribution in [2.24, 2.45) is 0 Å². The van der Waals surface area contributed by atoms with Crippen LogP contribution in [-0.2, 0) is 9.47 Å². The molecule has 1 unspecified atom stereocenters. The van der Waals surface area contributed by atoms with E-state index in [0.29, 0.717) is 24.5 Å². The highest BCUT2D eigenvalue weighted by Gasteiger charge is 2.13. The van der Waals surface area contributed by atoms with Gasteiger partial charge in [-0.25, -0.2) is 0 Å². The van der Waals surface area contributed by atoms with E-state index in [1.54, 1.807) is 7.11 Å². The minimum atomic E-state index is -0.835. The van der Waals surface area contributed by atoms with Crippen LogP contribution in [-0.4, -0.2) is 51.0 Å². The van der Waals surface area contributed by atoms with Gasteiger partial charge in [-0.2, -0.15) is 0 Å². The van der Waals surface area contributed by atoms with Crippen LogP contribution in [0.15, 0.2) is 12.1 Å². The van der Waals surface area contributed by atoms with Crippen LogP contribution in [0.5, 0.6) is 5.75 Å². The van der Waals surface area contributed by atoms with Gasteiger partial charge >= 0.3 is 0 Å². The topological polar surface area (TPSA) is 65.0 Å². The SMILES string of the molecule is COCCOCC(O)COc1c(Cl)cc(Cl)cc1C=O. The Balaban J connectivity index is 2.50. The number of hydrogen-bond acceptors (Lipinski definition) is 5. The lowest BCUT2D eigenvalue weighted by molar-refractivity contribution is -0.00425. The van der Waals surface area contributed by atoms with Crippen LogP contribution in [0.2, 0.25) is 10.0 Å². The zero-order valence-corrected chi connectivity index (χ0v) is 12.5. The summed E-state index contributed by atoms with van der Waals surface area (Å²) in [5.41, 5.74) is 0.231. The second-order valence-electron chi connectivity index (χ2n) is 3.96. The van der Waals surface area contributed by atoms with Gasteiger partial charge < -0.3 is 19.3 Å². The number of halogens is 2. The van der Waals surface area contributed by atoms with Crippen molar-refractivity contribution in [1.29, 1.82) is 0 Å². The number of benzene rings is 1. The lowest BCUT2D eigenvalue weighted by Gasteiger charge is -2.15. The molecule has 1 rings (SSSR count). The molecule has 0 aliphatic carbocycles. The van der Waals surface area contributed by atoms with E-state index in [-0.39, 0.29) is 29.5 Å². The van der Waals surface area contributed by atoms with E-state index in [4.69, 9.17) is 37.4 Å². The van der Waals surface area contributed by atoms with Crippen molar-refractivity contribution in [3.8, 4) is 5.75 Å². The molecule has 0 fully saturated rings. The smallest absolute Gasteiger partial charge is 0.153 e. The lowest BCUT2D eigenvalue weighted by Crippen LogP contribution is -2.24. The van der Waals surface area contributed by atoms with E-state index in [9.17, 15) is 9.90 Å². The number of carbonyl (C=O) groups is 1. The van der Waals surface area contributed by atoms with E-state index in [1.165, 1.54) is 12.1 Å². The Hall–Kier alpha value is -0.850. The Labute approximate surface area is 127 Å². The summed E-state index contributed by atoms with van der Waals surface area (Å²) in [6.45, 7) is 0.890. The predicted molar refractivity (Wildman–Crippen MR) is 76.0 cm³/mol. The molecule has 0 aliphatic rings. The number of ether oxygens (including phenoxy) is 3. The van der Waals surface area contributed by atoms with E-state index in [2.05, 4.69) is 0 Å². The molecule has 1 N–H and O–H groups in total. The Kier molecular flexibility index (Phi) is 7.87. The molecule has 0 heterocycles. The fraction of sp³-hybridized carbons (Fsp3) is 0.462. The molecule has 1 aromatic carbocycles. The highest BCUT2D eigenvalue weighted by molar-refractivity contribution is 6.36. The monoisotopic (exact) mass is 322 g/mol. The molecule has 20 heavy (non-hydrogen) atoms. The summed E-state index contributed by atoms with van der Waals surface area (Å²) in [7, 11) is 1.56. The fourth-order valence-corrected chi connectivity index (χ4v) is 1.97. The minimum Gasteiger partial charge on any atom is -0.488 e. The van der Waals surface area contributed by atoms with Crippen LogP contribution in [0.25, 0.3) is 0 Å². The zero-order valence-electron chi connectivity index (χ0n) is 11.0. The molecule has 1 atom stereocenters.